The first-order valence-electron chi connectivity index (χ1n) is 8.33. The minimum Gasteiger partial charge on any atom is -0.494 e. The molecule has 29 heavy (non-hydrogen) atoms. The topological polar surface area (TPSA) is 108 Å². The van der Waals surface area contributed by atoms with E-state index in [9.17, 15) is 19.8 Å². The van der Waals surface area contributed by atoms with Crippen molar-refractivity contribution in [2.75, 3.05) is 0 Å². The summed E-state index contributed by atoms with van der Waals surface area (Å²) in [4.78, 5) is 30.6. The van der Waals surface area contributed by atoms with Crippen LogP contribution in [0, 0.1) is 4.77 Å². The third kappa shape index (κ3) is 3.45. The van der Waals surface area contributed by atoms with E-state index in [4.69, 9.17) is 12.2 Å². The van der Waals surface area contributed by atoms with Gasteiger partial charge in [-0.3, -0.25) is 19.3 Å². The molecule has 0 atom stereocenters. The third-order valence-corrected chi connectivity index (χ3v) is 5.16. The molecule has 0 amide bonds. The molecule has 0 bridgehead atoms. The van der Waals surface area contributed by atoms with Crippen molar-refractivity contribution in [3.05, 3.63) is 78.8 Å². The van der Waals surface area contributed by atoms with Crippen LogP contribution in [0.3, 0.4) is 0 Å². The van der Waals surface area contributed by atoms with Crippen molar-refractivity contribution < 1.29 is 15.0 Å². The van der Waals surface area contributed by atoms with E-state index in [-0.39, 0.29) is 15.9 Å². The van der Waals surface area contributed by atoms with Crippen LogP contribution in [-0.2, 0) is 0 Å². The zero-order valence-electron chi connectivity index (χ0n) is 14.6. The van der Waals surface area contributed by atoms with Crippen LogP contribution in [0.25, 0.3) is 17.3 Å². The number of hydrogen-bond donors (Lipinski definition) is 3. The van der Waals surface area contributed by atoms with Gasteiger partial charge < -0.3 is 10.2 Å². The number of aromatic nitrogens is 2. The molecule has 2 aromatic carbocycles. The average Bonchev–Trinajstić information content (AvgIpc) is 3.07. The summed E-state index contributed by atoms with van der Waals surface area (Å²) in [6.07, 6.45) is 3.12. The summed E-state index contributed by atoms with van der Waals surface area (Å²) >= 11 is 8.60. The van der Waals surface area contributed by atoms with E-state index in [0.29, 0.717) is 11.3 Å². The molecule has 0 radical (unpaired) electrons. The van der Waals surface area contributed by atoms with Crippen LogP contribution in [0.1, 0.15) is 21.5 Å². The zero-order valence-corrected chi connectivity index (χ0v) is 17.0. The Morgan fingerprint density at radius 3 is 2.79 bits per heavy atom. The van der Waals surface area contributed by atoms with E-state index in [0.717, 1.165) is 15.7 Å². The molecule has 0 spiro atoms. The van der Waals surface area contributed by atoms with E-state index >= 15 is 0 Å². The van der Waals surface area contributed by atoms with Gasteiger partial charge in [-0.25, -0.2) is 4.79 Å². The number of rotatable bonds is 3. The van der Waals surface area contributed by atoms with Gasteiger partial charge in [0.05, 0.1) is 16.9 Å². The maximum absolute atomic E-state index is 12.5. The summed E-state index contributed by atoms with van der Waals surface area (Å²) in [5.74, 6) is -1.51. The number of carbonyl (C=O) groups is 1. The van der Waals surface area contributed by atoms with Gasteiger partial charge in [0.1, 0.15) is 5.56 Å². The lowest BCUT2D eigenvalue weighted by Crippen LogP contribution is -2.16. The molecular weight excluding hydrogens is 458 g/mol. The molecule has 0 unspecified atom stereocenters. The Hall–Kier alpha value is -3.30. The predicted octanol–water partition coefficient (Wildman–Crippen LogP) is 4.32. The second kappa shape index (κ2) is 7.26. The van der Waals surface area contributed by atoms with Crippen LogP contribution in [0.2, 0.25) is 0 Å². The number of aliphatic imine (C=N–C) groups is 1. The van der Waals surface area contributed by atoms with E-state index in [1.807, 2.05) is 18.2 Å². The monoisotopic (exact) mass is 469 g/mol. The number of halogens is 1. The molecule has 7 nitrogen and oxygen atoms in total. The molecular formula is C20H12BrN3O4S. The van der Waals surface area contributed by atoms with Crippen molar-refractivity contribution in [1.82, 2.24) is 9.55 Å². The smallest absolute Gasteiger partial charge is 0.335 e. The number of aromatic carboxylic acids is 1. The van der Waals surface area contributed by atoms with Crippen molar-refractivity contribution >= 4 is 57.7 Å². The minimum absolute atomic E-state index is 0.0198. The van der Waals surface area contributed by atoms with E-state index < -0.39 is 17.4 Å². The number of nitrogens with zero attached hydrogens (tertiary/aromatic N) is 2. The van der Waals surface area contributed by atoms with Crippen molar-refractivity contribution in [2.24, 2.45) is 4.99 Å². The molecule has 0 fully saturated rings. The maximum atomic E-state index is 12.5. The summed E-state index contributed by atoms with van der Waals surface area (Å²) in [5, 5.41) is 20.0. The maximum Gasteiger partial charge on any atom is 0.335 e. The number of carboxylic acid groups (broad SMARTS) is 1. The van der Waals surface area contributed by atoms with Gasteiger partial charge in [0, 0.05) is 21.8 Å². The first-order valence-corrected chi connectivity index (χ1v) is 9.53. The number of nitrogens with one attached hydrogen (secondary N) is 1. The average molecular weight is 470 g/mol. The number of benzene rings is 2. The quantitative estimate of drug-likeness (QED) is 0.495. The summed E-state index contributed by atoms with van der Waals surface area (Å²) in [6, 6.07) is 11.5. The fourth-order valence-electron chi connectivity index (χ4n) is 3.02. The van der Waals surface area contributed by atoms with E-state index in [1.54, 1.807) is 12.3 Å². The number of carboxylic acids is 1. The molecule has 9 heteroatoms. The molecule has 4 rings (SSSR count). The Labute approximate surface area is 177 Å². The molecule has 0 aliphatic carbocycles. The van der Waals surface area contributed by atoms with Gasteiger partial charge >= 0.3 is 5.97 Å². The molecule has 3 aromatic rings. The summed E-state index contributed by atoms with van der Waals surface area (Å²) in [7, 11) is 0. The van der Waals surface area contributed by atoms with Gasteiger partial charge in [-0.1, -0.05) is 22.0 Å². The molecule has 1 aliphatic heterocycles. The highest BCUT2D eigenvalue weighted by Crippen LogP contribution is 2.35. The van der Waals surface area contributed by atoms with Gasteiger partial charge in [0.25, 0.3) is 5.56 Å². The number of hydrogen-bond acceptors (Lipinski definition) is 5. The van der Waals surface area contributed by atoms with E-state index in [1.165, 1.54) is 28.8 Å². The van der Waals surface area contributed by atoms with Gasteiger partial charge in [-0.2, -0.15) is 0 Å². The number of H-pyrrole nitrogens is 1. The number of aromatic amines is 1. The minimum atomic E-state index is -1.12. The largest absolute Gasteiger partial charge is 0.494 e. The Balaban J connectivity index is 1.91. The second-order valence-electron chi connectivity index (χ2n) is 6.21. The Morgan fingerprint density at radius 2 is 2.03 bits per heavy atom. The number of allylic oxidation sites excluding steroid dienone is 1. The number of aromatic hydroxyl groups is 1. The Morgan fingerprint density at radius 1 is 1.24 bits per heavy atom. The normalized spacial score (nSPS) is 13.6. The fourth-order valence-corrected chi connectivity index (χ4v) is 3.66. The molecule has 3 N–H and O–H groups in total. The second-order valence-corrected chi connectivity index (χ2v) is 7.51. The van der Waals surface area contributed by atoms with Crippen molar-refractivity contribution in [3.63, 3.8) is 0 Å². The van der Waals surface area contributed by atoms with Crippen molar-refractivity contribution in [3.8, 4) is 11.6 Å². The SMILES string of the molecule is O=C(O)c1cccc(-n2c(O)c(C=C3C=Nc4ccc(Br)cc43)c(=O)[nH]c2=S)c1. The van der Waals surface area contributed by atoms with Gasteiger partial charge in [0.2, 0.25) is 5.88 Å². The molecule has 0 saturated heterocycles. The van der Waals surface area contributed by atoms with Gasteiger partial charge in [-0.05, 0) is 54.7 Å². The highest BCUT2D eigenvalue weighted by Gasteiger charge is 2.17. The van der Waals surface area contributed by atoms with Crippen LogP contribution in [0.15, 0.2) is 56.7 Å². The van der Waals surface area contributed by atoms with Crippen molar-refractivity contribution in [2.45, 2.75) is 0 Å². The Kier molecular flexibility index (Phi) is 4.77. The fraction of sp³-hybridized carbons (Fsp3) is 0. The van der Waals surface area contributed by atoms with Crippen molar-refractivity contribution in [1.29, 1.82) is 0 Å². The summed E-state index contributed by atoms with van der Waals surface area (Å²) < 4.78 is 2.01. The predicted molar refractivity (Wildman–Crippen MR) is 116 cm³/mol. The van der Waals surface area contributed by atoms with Gasteiger partial charge in [0.15, 0.2) is 4.77 Å². The standard InChI is InChI=1S/C20H12BrN3O4S/c21-12-4-5-16-14(8-12)11(9-22-16)7-15-17(25)23-20(29)24(18(15)26)13-3-1-2-10(6-13)19(27)28/h1-9,26H,(H,27,28)(H,23,25,29). The number of fused-ring (bicyclic) bond motifs is 1. The van der Waals surface area contributed by atoms with Crippen LogP contribution in [0.5, 0.6) is 5.88 Å². The highest BCUT2D eigenvalue weighted by molar-refractivity contribution is 9.10. The lowest BCUT2D eigenvalue weighted by Gasteiger charge is -2.12. The van der Waals surface area contributed by atoms with Crippen LogP contribution in [0.4, 0.5) is 5.69 Å². The van der Waals surface area contributed by atoms with Crippen LogP contribution < -0.4 is 5.56 Å². The third-order valence-electron chi connectivity index (χ3n) is 4.38. The first kappa shape index (κ1) is 19.0. The molecule has 144 valence electrons. The molecule has 1 aliphatic rings. The lowest BCUT2D eigenvalue weighted by atomic mass is 10.1. The van der Waals surface area contributed by atoms with Crippen LogP contribution in [-0.4, -0.2) is 31.9 Å². The Bertz CT molecular complexity index is 1350. The summed E-state index contributed by atoms with van der Waals surface area (Å²) in [6.45, 7) is 0. The summed E-state index contributed by atoms with van der Waals surface area (Å²) in [5.41, 5.74) is 1.95. The molecule has 2 heterocycles. The lowest BCUT2D eigenvalue weighted by molar-refractivity contribution is 0.0697. The highest BCUT2D eigenvalue weighted by atomic mass is 79.9. The zero-order chi connectivity index (χ0) is 20.7. The van der Waals surface area contributed by atoms with E-state index in [2.05, 4.69) is 25.9 Å². The molecule has 1 aromatic heterocycles. The van der Waals surface area contributed by atoms with Crippen LogP contribution >= 0.6 is 28.1 Å². The first-order chi connectivity index (χ1) is 13.8. The molecule has 0 saturated carbocycles. The van der Waals surface area contributed by atoms with Gasteiger partial charge in [-0.15, -0.1) is 0 Å².